The van der Waals surface area contributed by atoms with Crippen molar-refractivity contribution in [3.63, 3.8) is 0 Å². The number of carbonyl (C=O) groups excluding carboxylic acids is 1. The Hall–Kier alpha value is -4.07. The molecule has 0 fully saturated rings. The Morgan fingerprint density at radius 1 is 1.06 bits per heavy atom. The number of hydrogen-bond acceptors (Lipinski definition) is 6. The summed E-state index contributed by atoms with van der Waals surface area (Å²) in [6.45, 7) is 5.59. The van der Waals surface area contributed by atoms with Gasteiger partial charge in [-0.1, -0.05) is 61.5 Å². The molecule has 0 atom stereocenters. The summed E-state index contributed by atoms with van der Waals surface area (Å²) in [7, 11) is 0. The molecule has 0 aliphatic heterocycles. The summed E-state index contributed by atoms with van der Waals surface area (Å²) in [6.07, 6.45) is 0. The molecule has 162 valence electrons. The second-order valence-corrected chi connectivity index (χ2v) is 7.74. The van der Waals surface area contributed by atoms with Crippen molar-refractivity contribution in [2.24, 2.45) is 0 Å². The minimum absolute atomic E-state index is 0.116. The minimum Gasteiger partial charge on any atom is -0.334 e. The van der Waals surface area contributed by atoms with Crippen LogP contribution in [0.25, 0.3) is 22.7 Å². The van der Waals surface area contributed by atoms with E-state index in [2.05, 4.69) is 20.6 Å². The molecule has 0 saturated carbocycles. The molecule has 0 saturated heterocycles. The van der Waals surface area contributed by atoms with E-state index >= 15 is 0 Å². The van der Waals surface area contributed by atoms with E-state index in [4.69, 9.17) is 4.52 Å². The molecule has 2 aromatic heterocycles. The number of amides is 1. The third-order valence-electron chi connectivity index (χ3n) is 4.96. The highest BCUT2D eigenvalue weighted by atomic mass is 16.5. The van der Waals surface area contributed by atoms with Crippen LogP contribution in [0.3, 0.4) is 0 Å². The number of aryl methyl sites for hydroxylation is 1. The molecule has 0 unspecified atom stereocenters. The summed E-state index contributed by atoms with van der Waals surface area (Å²) in [5.74, 6) is 0.649. The Kier molecular flexibility index (Phi) is 5.93. The first-order valence-electron chi connectivity index (χ1n) is 10.3. The van der Waals surface area contributed by atoms with Crippen molar-refractivity contribution in [1.29, 1.82) is 0 Å². The number of rotatable bonds is 6. The van der Waals surface area contributed by atoms with Crippen molar-refractivity contribution >= 4 is 11.6 Å². The van der Waals surface area contributed by atoms with Crippen LogP contribution in [0, 0.1) is 6.92 Å². The molecule has 1 amide bonds. The lowest BCUT2D eigenvalue weighted by molar-refractivity contribution is -0.117. The van der Waals surface area contributed by atoms with Crippen LogP contribution in [0.5, 0.6) is 0 Å². The first kappa shape index (κ1) is 21.2. The molecule has 4 rings (SSSR count). The number of hydrogen-bond donors (Lipinski definition) is 1. The molecular formula is C24H23N5O3. The Bertz CT molecular complexity index is 1310. The standard InChI is InChI=1S/C24H23N5O3/c1-15(2)23-26-24(32-28-23)18-11-7-8-16(3)22(18)25-20(30)14-29-21(31)13-12-19(27-29)17-9-5-4-6-10-17/h4-13,15H,14H2,1-3H3,(H,25,30). The zero-order valence-corrected chi connectivity index (χ0v) is 18.1. The molecule has 0 aliphatic rings. The smallest absolute Gasteiger partial charge is 0.267 e. The van der Waals surface area contributed by atoms with E-state index in [-0.39, 0.29) is 23.9 Å². The molecular weight excluding hydrogens is 406 g/mol. The molecule has 32 heavy (non-hydrogen) atoms. The Balaban J connectivity index is 1.60. The molecule has 0 radical (unpaired) electrons. The van der Waals surface area contributed by atoms with Gasteiger partial charge in [0.25, 0.3) is 11.4 Å². The van der Waals surface area contributed by atoms with E-state index in [0.717, 1.165) is 15.8 Å². The zero-order valence-electron chi connectivity index (χ0n) is 18.1. The van der Waals surface area contributed by atoms with E-state index in [1.54, 1.807) is 12.1 Å². The molecule has 4 aromatic rings. The van der Waals surface area contributed by atoms with Crippen LogP contribution < -0.4 is 10.9 Å². The highest BCUT2D eigenvalue weighted by molar-refractivity contribution is 5.95. The average molecular weight is 429 g/mol. The first-order chi connectivity index (χ1) is 15.4. The van der Waals surface area contributed by atoms with E-state index < -0.39 is 0 Å². The number of carbonyl (C=O) groups is 1. The summed E-state index contributed by atoms with van der Waals surface area (Å²) in [5.41, 5.74) is 3.13. The maximum Gasteiger partial charge on any atom is 0.267 e. The SMILES string of the molecule is Cc1cccc(-c2nc(C(C)C)no2)c1NC(=O)Cn1nc(-c2ccccc2)ccc1=O. The fourth-order valence-corrected chi connectivity index (χ4v) is 3.23. The van der Waals surface area contributed by atoms with E-state index in [0.29, 0.717) is 28.7 Å². The average Bonchev–Trinajstić information content (AvgIpc) is 3.28. The monoisotopic (exact) mass is 429 g/mol. The highest BCUT2D eigenvalue weighted by Crippen LogP contribution is 2.30. The van der Waals surface area contributed by atoms with Gasteiger partial charge in [-0.3, -0.25) is 9.59 Å². The van der Waals surface area contributed by atoms with Gasteiger partial charge in [0.1, 0.15) is 6.54 Å². The second-order valence-electron chi connectivity index (χ2n) is 7.74. The van der Waals surface area contributed by atoms with Gasteiger partial charge in [0.2, 0.25) is 5.91 Å². The lowest BCUT2D eigenvalue weighted by Crippen LogP contribution is -2.29. The first-order valence-corrected chi connectivity index (χ1v) is 10.3. The number of nitrogens with zero attached hydrogens (tertiary/aromatic N) is 4. The second kappa shape index (κ2) is 8.97. The largest absolute Gasteiger partial charge is 0.334 e. The quantitative estimate of drug-likeness (QED) is 0.496. The Morgan fingerprint density at radius 3 is 2.56 bits per heavy atom. The van der Waals surface area contributed by atoms with Crippen molar-refractivity contribution in [3.05, 3.63) is 82.4 Å². The van der Waals surface area contributed by atoms with E-state index in [1.165, 1.54) is 6.07 Å². The predicted molar refractivity (Wildman–Crippen MR) is 121 cm³/mol. The molecule has 2 heterocycles. The van der Waals surface area contributed by atoms with Crippen LogP contribution in [-0.4, -0.2) is 25.8 Å². The third kappa shape index (κ3) is 4.49. The van der Waals surface area contributed by atoms with Crippen LogP contribution in [0.4, 0.5) is 5.69 Å². The van der Waals surface area contributed by atoms with E-state index in [9.17, 15) is 9.59 Å². The number of aromatic nitrogens is 4. The van der Waals surface area contributed by atoms with Gasteiger partial charge in [0.15, 0.2) is 5.82 Å². The number of benzene rings is 2. The van der Waals surface area contributed by atoms with Crippen molar-refractivity contribution in [2.45, 2.75) is 33.2 Å². The van der Waals surface area contributed by atoms with Gasteiger partial charge in [0.05, 0.1) is 16.9 Å². The normalized spacial score (nSPS) is 11.0. The van der Waals surface area contributed by atoms with Gasteiger partial charge >= 0.3 is 0 Å². The molecule has 2 aromatic carbocycles. The number of nitrogens with one attached hydrogen (secondary N) is 1. The molecule has 8 heteroatoms. The molecule has 8 nitrogen and oxygen atoms in total. The summed E-state index contributed by atoms with van der Waals surface area (Å²) in [6, 6.07) is 18.1. The molecule has 0 bridgehead atoms. The number of anilines is 1. The lowest BCUT2D eigenvalue weighted by Gasteiger charge is -2.12. The van der Waals surface area contributed by atoms with Crippen LogP contribution >= 0.6 is 0 Å². The molecule has 1 N–H and O–H groups in total. The van der Waals surface area contributed by atoms with E-state index in [1.807, 2.05) is 63.2 Å². The summed E-state index contributed by atoms with van der Waals surface area (Å²) in [5, 5.41) is 11.2. The Morgan fingerprint density at radius 2 is 1.84 bits per heavy atom. The molecule has 0 spiro atoms. The lowest BCUT2D eigenvalue weighted by atomic mass is 10.1. The van der Waals surface area contributed by atoms with Gasteiger partial charge in [-0.2, -0.15) is 10.1 Å². The van der Waals surface area contributed by atoms with Crippen LogP contribution in [0.1, 0.15) is 31.2 Å². The summed E-state index contributed by atoms with van der Waals surface area (Å²) < 4.78 is 6.56. The van der Waals surface area contributed by atoms with Gasteiger partial charge < -0.3 is 9.84 Å². The van der Waals surface area contributed by atoms with Gasteiger partial charge in [-0.15, -0.1) is 0 Å². The van der Waals surface area contributed by atoms with Crippen molar-refractivity contribution in [2.75, 3.05) is 5.32 Å². The summed E-state index contributed by atoms with van der Waals surface area (Å²) in [4.78, 5) is 29.6. The predicted octanol–water partition coefficient (Wildman–Crippen LogP) is 4.03. The number of para-hydroxylation sites is 1. The fraction of sp³-hybridized carbons (Fsp3) is 0.208. The van der Waals surface area contributed by atoms with Gasteiger partial charge in [0, 0.05) is 17.5 Å². The topological polar surface area (TPSA) is 103 Å². The van der Waals surface area contributed by atoms with Crippen molar-refractivity contribution in [3.8, 4) is 22.7 Å². The maximum absolute atomic E-state index is 12.9. The van der Waals surface area contributed by atoms with Crippen LogP contribution in [-0.2, 0) is 11.3 Å². The van der Waals surface area contributed by atoms with Crippen LogP contribution in [0.15, 0.2) is 70.0 Å². The van der Waals surface area contributed by atoms with Crippen LogP contribution in [0.2, 0.25) is 0 Å². The van der Waals surface area contributed by atoms with Crippen molar-refractivity contribution < 1.29 is 9.32 Å². The maximum atomic E-state index is 12.9. The van der Waals surface area contributed by atoms with Gasteiger partial charge in [-0.25, -0.2) is 4.68 Å². The zero-order chi connectivity index (χ0) is 22.7. The highest BCUT2D eigenvalue weighted by Gasteiger charge is 2.18. The minimum atomic E-state index is -0.385. The van der Waals surface area contributed by atoms with Gasteiger partial charge in [-0.05, 0) is 24.6 Å². The molecule has 0 aliphatic carbocycles. The van der Waals surface area contributed by atoms with Crippen molar-refractivity contribution in [1.82, 2.24) is 19.9 Å². The Labute approximate surface area is 184 Å². The third-order valence-corrected chi connectivity index (χ3v) is 4.96. The fourth-order valence-electron chi connectivity index (χ4n) is 3.23. The summed E-state index contributed by atoms with van der Waals surface area (Å²) >= 11 is 0.